The van der Waals surface area contributed by atoms with Crippen molar-refractivity contribution in [2.24, 2.45) is 0 Å². The maximum Gasteiger partial charge on any atom is 0.318 e. The topological polar surface area (TPSA) is 75.0 Å². The van der Waals surface area contributed by atoms with Crippen LogP contribution in [0.3, 0.4) is 0 Å². The number of hydrogen-bond donors (Lipinski definition) is 0. The Morgan fingerprint density at radius 3 is 2.57 bits per heavy atom. The third-order valence-corrected chi connectivity index (χ3v) is 10.0. The fourth-order valence-corrected chi connectivity index (χ4v) is 7.24. The van der Waals surface area contributed by atoms with Gasteiger partial charge >= 0.3 is 6.01 Å². The molecule has 7 rings (SSSR count). The third-order valence-electron chi connectivity index (χ3n) is 10.0. The van der Waals surface area contributed by atoms with E-state index in [1.165, 1.54) is 47.0 Å². The molecule has 42 heavy (non-hydrogen) atoms. The van der Waals surface area contributed by atoms with E-state index in [-0.39, 0.29) is 6.23 Å². The Hall–Kier alpha value is -2.95. The number of rotatable bonds is 6. The molecule has 4 aliphatic heterocycles. The SMILES string of the molecule is Cc1cc2c(cnn2C2CCCCO2)c(N2CCc3c(nc(OC[C@@H]4CCCN4C)nc3N3CCN(C)CC3)C2)c1C. The number of aromatic nitrogens is 4. The highest BCUT2D eigenvalue weighted by molar-refractivity contribution is 5.95. The molecule has 4 aliphatic rings. The van der Waals surface area contributed by atoms with Crippen LogP contribution in [0.2, 0.25) is 0 Å². The number of anilines is 2. The van der Waals surface area contributed by atoms with Crippen molar-refractivity contribution in [1.82, 2.24) is 29.5 Å². The van der Waals surface area contributed by atoms with Crippen molar-refractivity contribution in [3.63, 3.8) is 0 Å². The van der Waals surface area contributed by atoms with Gasteiger partial charge in [0.15, 0.2) is 6.23 Å². The highest BCUT2D eigenvalue weighted by Crippen LogP contribution is 2.39. The molecule has 0 bridgehead atoms. The second-order valence-electron chi connectivity index (χ2n) is 12.8. The van der Waals surface area contributed by atoms with E-state index in [0.717, 1.165) is 88.7 Å². The van der Waals surface area contributed by atoms with Crippen LogP contribution in [-0.2, 0) is 17.7 Å². The van der Waals surface area contributed by atoms with Crippen molar-refractivity contribution in [2.45, 2.75) is 71.2 Å². The molecule has 0 amide bonds. The Kier molecular flexibility index (Phi) is 7.71. The van der Waals surface area contributed by atoms with Gasteiger partial charge in [-0.3, -0.25) is 0 Å². The van der Waals surface area contributed by atoms with E-state index in [1.54, 1.807) is 0 Å². The molecule has 2 atom stereocenters. The summed E-state index contributed by atoms with van der Waals surface area (Å²) in [5, 5.41) is 6.07. The fourth-order valence-electron chi connectivity index (χ4n) is 7.24. The largest absolute Gasteiger partial charge is 0.462 e. The summed E-state index contributed by atoms with van der Waals surface area (Å²) in [6.45, 7) is 12.8. The van der Waals surface area contributed by atoms with Crippen LogP contribution in [0.1, 0.15) is 60.7 Å². The average molecular weight is 575 g/mol. The molecule has 2 aromatic heterocycles. The van der Waals surface area contributed by atoms with Gasteiger partial charge in [-0.05, 0) is 90.2 Å². The first-order valence-corrected chi connectivity index (χ1v) is 16.0. The van der Waals surface area contributed by atoms with Crippen LogP contribution in [0.25, 0.3) is 10.9 Å². The van der Waals surface area contributed by atoms with Gasteiger partial charge in [-0.2, -0.15) is 15.1 Å². The summed E-state index contributed by atoms with van der Waals surface area (Å²) in [6.07, 6.45) is 8.71. The lowest BCUT2D eigenvalue weighted by molar-refractivity contribution is -0.0366. The number of piperazine rings is 1. The predicted octanol–water partition coefficient (Wildman–Crippen LogP) is 3.93. The van der Waals surface area contributed by atoms with E-state index in [1.807, 2.05) is 6.20 Å². The second-order valence-corrected chi connectivity index (χ2v) is 12.8. The molecule has 6 heterocycles. The van der Waals surface area contributed by atoms with Crippen LogP contribution in [0.4, 0.5) is 11.5 Å². The van der Waals surface area contributed by atoms with Crippen LogP contribution in [-0.4, -0.2) is 102 Å². The van der Waals surface area contributed by atoms with E-state index in [2.05, 4.69) is 58.3 Å². The smallest absolute Gasteiger partial charge is 0.318 e. The van der Waals surface area contributed by atoms with Gasteiger partial charge in [0, 0.05) is 56.3 Å². The Balaban J connectivity index is 1.23. The first kappa shape index (κ1) is 27.9. The Morgan fingerprint density at radius 1 is 0.952 bits per heavy atom. The lowest BCUT2D eigenvalue weighted by Crippen LogP contribution is -2.46. The molecular weight excluding hydrogens is 528 g/mol. The summed E-state index contributed by atoms with van der Waals surface area (Å²) in [5.74, 6) is 1.08. The van der Waals surface area contributed by atoms with Gasteiger partial charge in [-0.25, -0.2) is 4.68 Å². The van der Waals surface area contributed by atoms with Crippen molar-refractivity contribution in [2.75, 3.05) is 76.4 Å². The summed E-state index contributed by atoms with van der Waals surface area (Å²) in [7, 11) is 4.39. The minimum Gasteiger partial charge on any atom is -0.462 e. The van der Waals surface area contributed by atoms with Crippen LogP contribution in [0.5, 0.6) is 6.01 Å². The zero-order valence-electron chi connectivity index (χ0n) is 25.8. The van der Waals surface area contributed by atoms with E-state index >= 15 is 0 Å². The van der Waals surface area contributed by atoms with Gasteiger partial charge in [-0.1, -0.05) is 0 Å². The van der Waals surface area contributed by atoms with Crippen molar-refractivity contribution in [1.29, 1.82) is 0 Å². The Morgan fingerprint density at radius 2 is 1.81 bits per heavy atom. The zero-order chi connectivity index (χ0) is 28.8. The summed E-state index contributed by atoms with van der Waals surface area (Å²) < 4.78 is 14.6. The standard InChI is InChI=1S/C32H46N8O2/c1-22-18-28-26(19-33-40(28)29-9-5-6-17-41-29)30(23(22)2)39-12-10-25-27(20-39)34-32(42-21-24-8-7-11-37(24)4)35-31(25)38-15-13-36(3)14-16-38/h18-19,24,29H,5-17,20-21H2,1-4H3/t24-,29?/m0/s1. The normalized spacial score (nSPS) is 24.0. The first-order valence-electron chi connectivity index (χ1n) is 16.0. The second kappa shape index (κ2) is 11.6. The third kappa shape index (κ3) is 5.22. The summed E-state index contributed by atoms with van der Waals surface area (Å²) in [5.41, 5.74) is 7.41. The van der Waals surface area contributed by atoms with Crippen molar-refractivity contribution < 1.29 is 9.47 Å². The minimum atomic E-state index is 0.0193. The predicted molar refractivity (Wildman–Crippen MR) is 166 cm³/mol. The van der Waals surface area contributed by atoms with Gasteiger partial charge in [0.2, 0.25) is 0 Å². The van der Waals surface area contributed by atoms with Crippen molar-refractivity contribution in [3.8, 4) is 6.01 Å². The van der Waals surface area contributed by atoms with Gasteiger partial charge in [0.25, 0.3) is 0 Å². The van der Waals surface area contributed by atoms with Crippen LogP contribution in [0.15, 0.2) is 12.3 Å². The zero-order valence-corrected chi connectivity index (χ0v) is 25.8. The molecule has 0 spiro atoms. The maximum absolute atomic E-state index is 6.36. The lowest BCUT2D eigenvalue weighted by atomic mass is 9.99. The summed E-state index contributed by atoms with van der Waals surface area (Å²) in [4.78, 5) is 19.9. The van der Waals surface area contributed by atoms with Crippen LogP contribution >= 0.6 is 0 Å². The molecule has 0 aliphatic carbocycles. The molecule has 226 valence electrons. The first-order chi connectivity index (χ1) is 20.5. The van der Waals surface area contributed by atoms with Crippen molar-refractivity contribution in [3.05, 3.63) is 34.6 Å². The number of fused-ring (bicyclic) bond motifs is 2. The monoisotopic (exact) mass is 574 g/mol. The number of likely N-dealkylation sites (tertiary alicyclic amines) is 1. The maximum atomic E-state index is 6.36. The Bertz CT molecular complexity index is 1430. The molecular formula is C32H46N8O2. The number of nitrogens with zero attached hydrogens (tertiary/aromatic N) is 8. The number of aryl methyl sites for hydroxylation is 1. The van der Waals surface area contributed by atoms with E-state index in [0.29, 0.717) is 18.7 Å². The molecule has 0 saturated carbocycles. The van der Waals surface area contributed by atoms with Gasteiger partial charge in [0.1, 0.15) is 12.4 Å². The quantitative estimate of drug-likeness (QED) is 0.435. The van der Waals surface area contributed by atoms with Crippen molar-refractivity contribution >= 4 is 22.4 Å². The number of hydrogen-bond acceptors (Lipinski definition) is 9. The number of benzene rings is 1. The molecule has 0 N–H and O–H groups in total. The van der Waals surface area contributed by atoms with E-state index < -0.39 is 0 Å². The fraction of sp³-hybridized carbons (Fsp3) is 0.656. The molecule has 3 fully saturated rings. The summed E-state index contributed by atoms with van der Waals surface area (Å²) >= 11 is 0. The molecule has 3 saturated heterocycles. The minimum absolute atomic E-state index is 0.0193. The van der Waals surface area contributed by atoms with Gasteiger partial charge in [0.05, 0.1) is 29.6 Å². The molecule has 3 aromatic rings. The highest BCUT2D eigenvalue weighted by atomic mass is 16.5. The number of likely N-dealkylation sites (N-methyl/N-ethyl adjacent to an activating group) is 2. The lowest BCUT2D eigenvalue weighted by Gasteiger charge is -2.37. The molecule has 10 nitrogen and oxygen atoms in total. The average Bonchev–Trinajstić information content (AvgIpc) is 3.62. The molecule has 1 aromatic carbocycles. The van der Waals surface area contributed by atoms with E-state index in [9.17, 15) is 0 Å². The van der Waals surface area contributed by atoms with E-state index in [4.69, 9.17) is 24.5 Å². The van der Waals surface area contributed by atoms with Gasteiger partial charge in [-0.15, -0.1) is 0 Å². The molecule has 0 radical (unpaired) electrons. The van der Waals surface area contributed by atoms with Crippen LogP contribution in [0, 0.1) is 13.8 Å². The Labute approximate surface area is 249 Å². The highest BCUT2D eigenvalue weighted by Gasteiger charge is 2.30. The van der Waals surface area contributed by atoms with Gasteiger partial charge < -0.3 is 29.1 Å². The molecule has 10 heteroatoms. The van der Waals surface area contributed by atoms with Crippen LogP contribution < -0.4 is 14.5 Å². The number of ether oxygens (including phenoxy) is 2. The summed E-state index contributed by atoms with van der Waals surface area (Å²) in [6, 6.07) is 3.25. The molecule has 1 unspecified atom stereocenters.